The number of hydrogen-bond acceptors (Lipinski definition) is 6. The summed E-state index contributed by atoms with van der Waals surface area (Å²) in [5.41, 5.74) is 16.4. The predicted molar refractivity (Wildman–Crippen MR) is 161 cm³/mol. The number of nitrogens with two attached hydrogens (primary N) is 1. The fraction of sp³-hybridized carbons (Fsp3) is 0.516. The largest absolute Gasteiger partial charge is 0.481 e. The van der Waals surface area contributed by atoms with Gasteiger partial charge in [0.05, 0.1) is 12.1 Å². The number of benzene rings is 1. The van der Waals surface area contributed by atoms with Crippen LogP contribution in [-0.2, 0) is 24.2 Å². The molecule has 1 saturated heterocycles. The Labute approximate surface area is 237 Å². The van der Waals surface area contributed by atoms with E-state index >= 15 is 0 Å². The molecule has 3 heterocycles. The highest BCUT2D eigenvalue weighted by Gasteiger charge is 2.30. The number of rotatable bonds is 7. The summed E-state index contributed by atoms with van der Waals surface area (Å²) in [4.78, 5) is 25.7. The lowest BCUT2D eigenvalue weighted by atomic mass is 9.82. The molecule has 1 aromatic carbocycles. The van der Waals surface area contributed by atoms with Crippen LogP contribution in [0.4, 0.5) is 5.69 Å². The van der Waals surface area contributed by atoms with Crippen LogP contribution in [0.15, 0.2) is 34.5 Å². The molecule has 0 atom stereocenters. The number of carbonyl (C=O) groups is 1. The summed E-state index contributed by atoms with van der Waals surface area (Å²) in [6.07, 6.45) is 3.03. The van der Waals surface area contributed by atoms with Crippen molar-refractivity contribution in [1.82, 2.24) is 9.88 Å². The molecule has 2 aliphatic rings. The van der Waals surface area contributed by atoms with Crippen molar-refractivity contribution in [3.63, 3.8) is 0 Å². The standard InChI is InChI=1S/C31H42ClN5O2/c1-19(33)26(30(32)34-6)18-36-12-9-22-15-23(7-8-24(22)17-36)28-21(3)35-20(2)25(16-27(38)39)29(28)37-13-10-31(4,5)11-14-37/h7-8,15H,9-14,16-18,33H2,1-6H3,(H,38,39). The van der Waals surface area contributed by atoms with Crippen LogP contribution >= 0.6 is 11.6 Å². The van der Waals surface area contributed by atoms with E-state index in [1.807, 2.05) is 20.8 Å². The van der Waals surface area contributed by atoms with E-state index in [-0.39, 0.29) is 6.42 Å². The van der Waals surface area contributed by atoms with E-state index in [0.29, 0.717) is 22.8 Å². The van der Waals surface area contributed by atoms with Gasteiger partial charge in [0.15, 0.2) is 0 Å². The number of aryl methyl sites for hydroxylation is 2. The highest BCUT2D eigenvalue weighted by molar-refractivity contribution is 6.69. The first-order valence-electron chi connectivity index (χ1n) is 13.8. The third-order valence-corrected chi connectivity index (χ3v) is 8.70. The average molecular weight is 552 g/mol. The molecule has 1 fully saturated rings. The summed E-state index contributed by atoms with van der Waals surface area (Å²) in [5, 5.41) is 10.2. The number of nitrogens with zero attached hydrogens (tertiary/aromatic N) is 4. The van der Waals surface area contributed by atoms with Crippen molar-refractivity contribution >= 4 is 28.4 Å². The number of carboxylic acids is 1. The number of pyridine rings is 1. The number of allylic oxidation sites excluding steroid dienone is 1. The average Bonchev–Trinajstić information content (AvgIpc) is 2.87. The van der Waals surface area contributed by atoms with Gasteiger partial charge in [0.25, 0.3) is 0 Å². The Morgan fingerprint density at radius 2 is 1.85 bits per heavy atom. The van der Waals surface area contributed by atoms with Crippen molar-refractivity contribution in [3.8, 4) is 11.1 Å². The molecule has 2 aromatic rings. The van der Waals surface area contributed by atoms with Gasteiger partial charge in [0.1, 0.15) is 5.17 Å². The number of hydrogen-bond donors (Lipinski definition) is 2. The highest BCUT2D eigenvalue weighted by Crippen LogP contribution is 2.42. The number of aliphatic carboxylic acids is 1. The van der Waals surface area contributed by atoms with Gasteiger partial charge in [0.2, 0.25) is 0 Å². The molecule has 0 radical (unpaired) electrons. The molecule has 0 bridgehead atoms. The molecule has 3 N–H and O–H groups in total. The van der Waals surface area contributed by atoms with Crippen LogP contribution in [0.2, 0.25) is 0 Å². The fourth-order valence-electron chi connectivity index (χ4n) is 5.87. The van der Waals surface area contributed by atoms with Gasteiger partial charge in [-0.15, -0.1) is 0 Å². The monoisotopic (exact) mass is 551 g/mol. The lowest BCUT2D eigenvalue weighted by Crippen LogP contribution is -2.38. The van der Waals surface area contributed by atoms with Crippen LogP contribution in [0, 0.1) is 19.3 Å². The van der Waals surface area contributed by atoms with Crippen molar-refractivity contribution in [2.75, 3.05) is 38.1 Å². The summed E-state index contributed by atoms with van der Waals surface area (Å²) in [5.74, 6) is -0.826. The SMILES string of the molecule is CN=C(Cl)C(CN1CCc2cc(-c3c(C)nc(C)c(CC(=O)O)c3N3CCC(C)(C)CC3)ccc2C1)=C(C)N. The zero-order chi connectivity index (χ0) is 28.5. The van der Waals surface area contributed by atoms with Gasteiger partial charge in [-0.05, 0) is 62.1 Å². The van der Waals surface area contributed by atoms with E-state index in [2.05, 4.69) is 46.8 Å². The normalized spacial score (nSPS) is 18.5. The Kier molecular flexibility index (Phi) is 8.72. The van der Waals surface area contributed by atoms with Gasteiger partial charge in [0, 0.05) is 73.6 Å². The van der Waals surface area contributed by atoms with Crippen molar-refractivity contribution in [3.05, 3.63) is 57.5 Å². The number of anilines is 1. The Balaban J connectivity index is 1.72. The Morgan fingerprint density at radius 3 is 2.46 bits per heavy atom. The number of fused-ring (bicyclic) bond motifs is 1. The van der Waals surface area contributed by atoms with Gasteiger partial charge in [-0.3, -0.25) is 19.7 Å². The number of carboxylic acid groups (broad SMARTS) is 1. The van der Waals surface area contributed by atoms with Crippen LogP contribution in [0.25, 0.3) is 11.1 Å². The minimum Gasteiger partial charge on any atom is -0.481 e. The smallest absolute Gasteiger partial charge is 0.307 e. The minimum atomic E-state index is -0.826. The maximum Gasteiger partial charge on any atom is 0.307 e. The minimum absolute atomic E-state index is 0.0265. The second-order valence-corrected chi connectivity index (χ2v) is 12.2. The van der Waals surface area contributed by atoms with Crippen molar-refractivity contribution < 1.29 is 9.90 Å². The first kappa shape index (κ1) is 29.1. The van der Waals surface area contributed by atoms with E-state index in [4.69, 9.17) is 22.3 Å². The summed E-state index contributed by atoms with van der Waals surface area (Å²) in [6, 6.07) is 6.68. The number of halogens is 1. The molecule has 210 valence electrons. The van der Waals surface area contributed by atoms with Crippen molar-refractivity contribution in [1.29, 1.82) is 0 Å². The summed E-state index contributed by atoms with van der Waals surface area (Å²) in [7, 11) is 1.68. The quantitative estimate of drug-likeness (QED) is 0.443. The zero-order valence-electron chi connectivity index (χ0n) is 24.2. The lowest BCUT2D eigenvalue weighted by molar-refractivity contribution is -0.136. The highest BCUT2D eigenvalue weighted by atomic mass is 35.5. The van der Waals surface area contributed by atoms with Crippen LogP contribution in [-0.4, -0.2) is 59.4 Å². The molecule has 2 aliphatic heterocycles. The first-order chi connectivity index (χ1) is 18.4. The third kappa shape index (κ3) is 6.47. The number of aliphatic imine (C=N–C) groups is 1. The Morgan fingerprint density at radius 1 is 1.15 bits per heavy atom. The molecule has 0 saturated carbocycles. The van der Waals surface area contributed by atoms with Crippen LogP contribution < -0.4 is 10.6 Å². The first-order valence-corrected chi connectivity index (χ1v) is 14.2. The summed E-state index contributed by atoms with van der Waals surface area (Å²) < 4.78 is 0. The molecule has 0 aliphatic carbocycles. The molecule has 7 nitrogen and oxygen atoms in total. The molecular weight excluding hydrogens is 510 g/mol. The van der Waals surface area contributed by atoms with Crippen LogP contribution in [0.5, 0.6) is 0 Å². The zero-order valence-corrected chi connectivity index (χ0v) is 25.0. The van der Waals surface area contributed by atoms with E-state index in [1.165, 1.54) is 11.1 Å². The van der Waals surface area contributed by atoms with Gasteiger partial charge in [-0.2, -0.15) is 0 Å². The van der Waals surface area contributed by atoms with Gasteiger partial charge >= 0.3 is 5.97 Å². The lowest BCUT2D eigenvalue weighted by Gasteiger charge is -2.40. The molecule has 0 unspecified atom stereocenters. The molecule has 0 spiro atoms. The van der Waals surface area contributed by atoms with Crippen LogP contribution in [0.3, 0.4) is 0 Å². The van der Waals surface area contributed by atoms with E-state index in [9.17, 15) is 9.90 Å². The number of piperidine rings is 1. The van der Waals surface area contributed by atoms with Gasteiger partial charge < -0.3 is 15.7 Å². The van der Waals surface area contributed by atoms with E-state index in [1.54, 1.807) is 7.05 Å². The molecular formula is C31H42ClN5O2. The molecule has 1 aromatic heterocycles. The Hall–Kier alpha value is -2.90. The van der Waals surface area contributed by atoms with Crippen molar-refractivity contribution in [2.45, 2.75) is 66.8 Å². The van der Waals surface area contributed by atoms with E-state index in [0.717, 1.165) is 84.8 Å². The van der Waals surface area contributed by atoms with Gasteiger partial charge in [-0.25, -0.2) is 0 Å². The number of aromatic nitrogens is 1. The fourth-order valence-corrected chi connectivity index (χ4v) is 6.08. The van der Waals surface area contributed by atoms with E-state index < -0.39 is 5.97 Å². The second-order valence-electron chi connectivity index (χ2n) is 11.8. The molecule has 39 heavy (non-hydrogen) atoms. The topological polar surface area (TPSA) is 95.0 Å². The summed E-state index contributed by atoms with van der Waals surface area (Å²) >= 11 is 6.34. The van der Waals surface area contributed by atoms with Gasteiger partial charge in [-0.1, -0.05) is 43.6 Å². The molecule has 0 amide bonds. The van der Waals surface area contributed by atoms with Crippen molar-refractivity contribution in [2.24, 2.45) is 16.1 Å². The maximum absolute atomic E-state index is 11.9. The van der Waals surface area contributed by atoms with Crippen LogP contribution in [0.1, 0.15) is 61.7 Å². The maximum atomic E-state index is 11.9. The second kappa shape index (κ2) is 11.7. The third-order valence-electron chi connectivity index (χ3n) is 8.31. The molecule has 4 rings (SSSR count). The Bertz CT molecular complexity index is 1320. The predicted octanol–water partition coefficient (Wildman–Crippen LogP) is 5.48. The molecule has 8 heteroatoms. The summed E-state index contributed by atoms with van der Waals surface area (Å²) in [6.45, 7) is 14.7.